The Morgan fingerprint density at radius 1 is 1.07 bits per heavy atom. The maximum Gasteiger partial charge on any atom is 0.316 e. The molecule has 9 nitrogen and oxygen atoms in total. The van der Waals surface area contributed by atoms with Crippen molar-refractivity contribution < 1.29 is 14.3 Å². The molecule has 1 aromatic heterocycles. The zero-order valence-electron chi connectivity index (χ0n) is 14.6. The number of anilines is 1. The highest BCUT2D eigenvalue weighted by molar-refractivity contribution is 6.00. The van der Waals surface area contributed by atoms with Gasteiger partial charge in [0.15, 0.2) is 12.3 Å². The second kappa shape index (κ2) is 7.92. The summed E-state index contributed by atoms with van der Waals surface area (Å²) in [4.78, 5) is 22.6. The maximum atomic E-state index is 11.5. The van der Waals surface area contributed by atoms with Crippen molar-refractivity contribution in [2.45, 2.75) is 0 Å². The Hall–Kier alpha value is -4.32. The van der Waals surface area contributed by atoms with Gasteiger partial charge in [-0.05, 0) is 35.4 Å². The second-order valence-corrected chi connectivity index (χ2v) is 5.71. The molecule has 1 heterocycles. The monoisotopic (exact) mass is 376 g/mol. The third-order valence-corrected chi connectivity index (χ3v) is 3.83. The molecule has 0 bridgehead atoms. The van der Waals surface area contributed by atoms with Crippen molar-refractivity contribution in [2.24, 2.45) is 11.5 Å². The molecule has 2 aromatic carbocycles. The summed E-state index contributed by atoms with van der Waals surface area (Å²) in [6.07, 6.45) is 1.46. The molecule has 0 spiro atoms. The molecule has 0 fully saturated rings. The average molecular weight is 376 g/mol. The molecule has 0 aliphatic carbocycles. The molecule has 0 saturated heterocycles. The maximum absolute atomic E-state index is 11.5. The standard InChI is InChI=1S/C19H16N6O3/c20-9-10-28-15-7-3-13(4-8-15)12-1-5-14(6-2-12)25-11-16(23-19(22)27)17(24-25)18(21)26/h1-8,11H,10H2,(H2,21,26)(H3,22,23,27). The topological polar surface area (TPSA) is 149 Å². The second-order valence-electron chi connectivity index (χ2n) is 5.71. The fourth-order valence-corrected chi connectivity index (χ4v) is 2.58. The molecule has 0 atom stereocenters. The summed E-state index contributed by atoms with van der Waals surface area (Å²) >= 11 is 0. The lowest BCUT2D eigenvalue weighted by molar-refractivity contribution is 0.0996. The number of carbonyl (C=O) groups is 2. The Balaban J connectivity index is 1.84. The Morgan fingerprint density at radius 3 is 2.21 bits per heavy atom. The van der Waals surface area contributed by atoms with E-state index in [1.807, 2.05) is 30.3 Å². The van der Waals surface area contributed by atoms with Crippen LogP contribution in [0.4, 0.5) is 10.5 Å². The number of nitrogens with zero attached hydrogens (tertiary/aromatic N) is 3. The van der Waals surface area contributed by atoms with Crippen LogP contribution in [0.15, 0.2) is 54.7 Å². The fourth-order valence-electron chi connectivity index (χ4n) is 2.58. The quantitative estimate of drug-likeness (QED) is 0.602. The van der Waals surface area contributed by atoms with E-state index < -0.39 is 11.9 Å². The van der Waals surface area contributed by atoms with Gasteiger partial charge in [-0.1, -0.05) is 24.3 Å². The smallest absolute Gasteiger partial charge is 0.316 e. The van der Waals surface area contributed by atoms with Crippen LogP contribution in [0.1, 0.15) is 10.5 Å². The predicted molar refractivity (Wildman–Crippen MR) is 102 cm³/mol. The molecule has 0 radical (unpaired) electrons. The van der Waals surface area contributed by atoms with E-state index in [2.05, 4.69) is 10.4 Å². The number of hydrogen-bond acceptors (Lipinski definition) is 5. The number of nitriles is 1. The zero-order chi connectivity index (χ0) is 20.1. The van der Waals surface area contributed by atoms with Crippen molar-refractivity contribution in [3.63, 3.8) is 0 Å². The summed E-state index contributed by atoms with van der Waals surface area (Å²) in [7, 11) is 0. The van der Waals surface area contributed by atoms with Gasteiger partial charge in [-0.2, -0.15) is 10.4 Å². The Morgan fingerprint density at radius 2 is 1.68 bits per heavy atom. The summed E-state index contributed by atoms with van der Waals surface area (Å²) in [6.45, 7) is -0.00218. The summed E-state index contributed by atoms with van der Waals surface area (Å²) in [6, 6.07) is 15.8. The highest BCUT2D eigenvalue weighted by Gasteiger charge is 2.16. The van der Waals surface area contributed by atoms with E-state index >= 15 is 0 Å². The molecule has 140 valence electrons. The Labute approximate surface area is 160 Å². The first-order valence-electron chi connectivity index (χ1n) is 8.14. The molecule has 0 saturated carbocycles. The predicted octanol–water partition coefficient (Wildman–Crippen LogP) is 2.03. The van der Waals surface area contributed by atoms with Gasteiger partial charge in [0.05, 0.1) is 17.6 Å². The molecule has 28 heavy (non-hydrogen) atoms. The van der Waals surface area contributed by atoms with Crippen LogP contribution in [0.5, 0.6) is 5.75 Å². The van der Waals surface area contributed by atoms with Crippen molar-refractivity contribution in [1.29, 1.82) is 5.26 Å². The van der Waals surface area contributed by atoms with Gasteiger partial charge in [-0.15, -0.1) is 0 Å². The summed E-state index contributed by atoms with van der Waals surface area (Å²) < 4.78 is 6.66. The first-order chi connectivity index (χ1) is 13.5. The number of benzene rings is 2. The summed E-state index contributed by atoms with van der Waals surface area (Å²) in [5.74, 6) is -0.162. The van der Waals surface area contributed by atoms with Gasteiger partial charge >= 0.3 is 6.03 Å². The molecule has 3 aromatic rings. The van der Waals surface area contributed by atoms with E-state index in [9.17, 15) is 9.59 Å². The van der Waals surface area contributed by atoms with Crippen LogP contribution >= 0.6 is 0 Å². The fraction of sp³-hybridized carbons (Fsp3) is 0.0526. The van der Waals surface area contributed by atoms with Gasteiger partial charge in [0, 0.05) is 0 Å². The molecule has 3 rings (SSSR count). The van der Waals surface area contributed by atoms with E-state index in [4.69, 9.17) is 21.5 Å². The number of urea groups is 1. The number of rotatable bonds is 6. The molecule has 9 heteroatoms. The third kappa shape index (κ3) is 4.08. The number of aromatic nitrogens is 2. The van der Waals surface area contributed by atoms with Gasteiger partial charge in [0.25, 0.3) is 5.91 Å². The molecular weight excluding hydrogens is 360 g/mol. The number of nitrogens with one attached hydrogen (secondary N) is 1. The normalized spacial score (nSPS) is 10.1. The van der Waals surface area contributed by atoms with Gasteiger partial charge in [0.2, 0.25) is 0 Å². The first kappa shape index (κ1) is 18.5. The van der Waals surface area contributed by atoms with Crippen molar-refractivity contribution >= 4 is 17.6 Å². The van der Waals surface area contributed by atoms with E-state index in [1.165, 1.54) is 10.9 Å². The van der Waals surface area contributed by atoms with Gasteiger partial charge in [-0.25, -0.2) is 9.48 Å². The van der Waals surface area contributed by atoms with Crippen LogP contribution in [0.3, 0.4) is 0 Å². The number of primary amides is 2. The largest absolute Gasteiger partial charge is 0.479 e. The Bertz CT molecular complexity index is 1050. The molecular formula is C19H16N6O3. The first-order valence-corrected chi connectivity index (χ1v) is 8.14. The molecule has 0 aliphatic heterocycles. The van der Waals surface area contributed by atoms with E-state index in [0.29, 0.717) is 11.4 Å². The highest BCUT2D eigenvalue weighted by atomic mass is 16.5. The van der Waals surface area contributed by atoms with Gasteiger partial charge in [-0.3, -0.25) is 4.79 Å². The number of carbonyl (C=O) groups excluding carboxylic acids is 2. The minimum Gasteiger partial charge on any atom is -0.479 e. The van der Waals surface area contributed by atoms with Crippen molar-refractivity contribution in [3.05, 3.63) is 60.4 Å². The Kier molecular flexibility index (Phi) is 5.23. The SMILES string of the molecule is N#CCOc1ccc(-c2ccc(-n3cc(NC(N)=O)c(C(N)=O)n3)cc2)cc1. The molecule has 0 unspecified atom stereocenters. The van der Waals surface area contributed by atoms with Crippen LogP contribution in [0, 0.1) is 11.3 Å². The van der Waals surface area contributed by atoms with Gasteiger partial charge < -0.3 is 21.5 Å². The van der Waals surface area contributed by atoms with Gasteiger partial charge in [0.1, 0.15) is 11.8 Å². The van der Waals surface area contributed by atoms with Crippen molar-refractivity contribution in [2.75, 3.05) is 11.9 Å². The van der Waals surface area contributed by atoms with Crippen LogP contribution in [0.25, 0.3) is 16.8 Å². The average Bonchev–Trinajstić information content (AvgIpc) is 3.10. The molecule has 0 aliphatic rings. The van der Waals surface area contributed by atoms with E-state index in [-0.39, 0.29) is 18.0 Å². The zero-order valence-corrected chi connectivity index (χ0v) is 14.6. The number of ether oxygens (including phenoxy) is 1. The van der Waals surface area contributed by atoms with Crippen LogP contribution in [-0.2, 0) is 0 Å². The summed E-state index contributed by atoms with van der Waals surface area (Å²) in [5, 5.41) is 15.0. The molecule has 3 amide bonds. The van der Waals surface area contributed by atoms with Crippen LogP contribution in [-0.4, -0.2) is 28.3 Å². The van der Waals surface area contributed by atoms with E-state index in [1.54, 1.807) is 24.3 Å². The number of amides is 3. The molecule has 5 N–H and O–H groups in total. The lowest BCUT2D eigenvalue weighted by Crippen LogP contribution is -2.22. The lowest BCUT2D eigenvalue weighted by Gasteiger charge is -2.06. The van der Waals surface area contributed by atoms with Crippen LogP contribution < -0.4 is 21.5 Å². The number of nitrogens with two attached hydrogens (primary N) is 2. The number of hydrogen-bond donors (Lipinski definition) is 3. The van der Waals surface area contributed by atoms with E-state index in [0.717, 1.165) is 11.1 Å². The minimum absolute atomic E-state index is 0.00218. The minimum atomic E-state index is -0.820. The third-order valence-electron chi connectivity index (χ3n) is 3.83. The van der Waals surface area contributed by atoms with Crippen molar-refractivity contribution in [1.82, 2.24) is 9.78 Å². The highest BCUT2D eigenvalue weighted by Crippen LogP contribution is 2.24. The van der Waals surface area contributed by atoms with Crippen molar-refractivity contribution in [3.8, 4) is 28.6 Å². The van der Waals surface area contributed by atoms with Crippen LogP contribution in [0.2, 0.25) is 0 Å². The lowest BCUT2D eigenvalue weighted by atomic mass is 10.1. The summed E-state index contributed by atoms with van der Waals surface area (Å²) in [5.41, 5.74) is 13.0.